The van der Waals surface area contributed by atoms with Crippen molar-refractivity contribution in [3.8, 4) is 5.75 Å². The second-order valence-electron chi connectivity index (χ2n) is 7.29. The minimum Gasteiger partial charge on any atom is -0.481 e. The van der Waals surface area contributed by atoms with Crippen LogP contribution in [0.4, 0.5) is 18.9 Å². The number of carbonyl (C=O) groups excluding carboxylic acids is 1. The molecule has 0 unspecified atom stereocenters. The SMILES string of the molecule is CC[C@H](Oc1ccc(Cl)c(C)c1)C(=O)N1CCN(c2cccc(C(F)(F)F)c2)CC1. The molecule has 0 bridgehead atoms. The molecule has 0 N–H and O–H groups in total. The van der Waals surface area contributed by atoms with Crippen molar-refractivity contribution in [1.29, 1.82) is 0 Å². The number of anilines is 1. The zero-order valence-electron chi connectivity index (χ0n) is 16.9. The Morgan fingerprint density at radius 2 is 1.83 bits per heavy atom. The maximum Gasteiger partial charge on any atom is 0.416 e. The minimum atomic E-state index is -4.38. The van der Waals surface area contributed by atoms with Crippen molar-refractivity contribution in [2.24, 2.45) is 0 Å². The van der Waals surface area contributed by atoms with Gasteiger partial charge in [-0.25, -0.2) is 0 Å². The second kappa shape index (κ2) is 9.16. The molecule has 1 aliphatic heterocycles. The van der Waals surface area contributed by atoms with Crippen LogP contribution >= 0.6 is 11.6 Å². The van der Waals surface area contributed by atoms with Gasteiger partial charge in [-0.1, -0.05) is 24.6 Å². The van der Waals surface area contributed by atoms with Gasteiger partial charge in [0.25, 0.3) is 5.91 Å². The van der Waals surface area contributed by atoms with E-state index < -0.39 is 17.8 Å². The van der Waals surface area contributed by atoms with Crippen molar-refractivity contribution in [1.82, 2.24) is 4.90 Å². The van der Waals surface area contributed by atoms with Gasteiger partial charge in [-0.15, -0.1) is 0 Å². The van der Waals surface area contributed by atoms with Crippen LogP contribution in [0, 0.1) is 6.92 Å². The van der Waals surface area contributed by atoms with Crippen LogP contribution in [0.1, 0.15) is 24.5 Å². The molecule has 1 atom stereocenters. The molecule has 1 aliphatic rings. The second-order valence-corrected chi connectivity index (χ2v) is 7.69. The van der Waals surface area contributed by atoms with E-state index in [9.17, 15) is 18.0 Å². The lowest BCUT2D eigenvalue weighted by molar-refractivity contribution is -0.139. The van der Waals surface area contributed by atoms with Crippen molar-refractivity contribution in [2.75, 3.05) is 31.1 Å². The summed E-state index contributed by atoms with van der Waals surface area (Å²) in [4.78, 5) is 16.5. The molecule has 3 rings (SSSR count). The number of carbonyl (C=O) groups is 1. The summed E-state index contributed by atoms with van der Waals surface area (Å²) in [5.41, 5.74) is 0.708. The summed E-state index contributed by atoms with van der Waals surface area (Å²) in [5, 5.41) is 0.632. The molecule has 0 spiro atoms. The third kappa shape index (κ3) is 5.19. The lowest BCUT2D eigenvalue weighted by Gasteiger charge is -2.37. The number of hydrogen-bond acceptors (Lipinski definition) is 3. The van der Waals surface area contributed by atoms with Crippen molar-refractivity contribution in [2.45, 2.75) is 32.5 Å². The van der Waals surface area contributed by atoms with Gasteiger partial charge in [0.15, 0.2) is 6.10 Å². The standard InChI is InChI=1S/C22H24ClF3N2O2/c1-3-20(30-18-7-8-19(23)15(2)13-18)21(29)28-11-9-27(10-12-28)17-6-4-5-16(14-17)22(24,25)26/h4-8,13-14,20H,3,9-12H2,1-2H3/t20-/m0/s1. The highest BCUT2D eigenvalue weighted by Gasteiger charge is 2.32. The van der Waals surface area contributed by atoms with Crippen LogP contribution in [-0.2, 0) is 11.0 Å². The van der Waals surface area contributed by atoms with Crippen molar-refractivity contribution in [3.05, 3.63) is 58.6 Å². The Bertz CT molecular complexity index is 896. The first-order valence-corrected chi connectivity index (χ1v) is 10.2. The van der Waals surface area contributed by atoms with Gasteiger partial charge in [-0.2, -0.15) is 13.2 Å². The minimum absolute atomic E-state index is 0.117. The number of alkyl halides is 3. The summed E-state index contributed by atoms with van der Waals surface area (Å²) in [7, 11) is 0. The van der Waals surface area contributed by atoms with E-state index in [2.05, 4.69) is 0 Å². The van der Waals surface area contributed by atoms with E-state index in [0.29, 0.717) is 49.1 Å². The van der Waals surface area contributed by atoms with Crippen LogP contribution in [0.25, 0.3) is 0 Å². The number of aryl methyl sites for hydroxylation is 1. The molecule has 4 nitrogen and oxygen atoms in total. The van der Waals surface area contributed by atoms with E-state index in [1.807, 2.05) is 18.7 Å². The Hall–Kier alpha value is -2.41. The highest BCUT2D eigenvalue weighted by Crippen LogP contribution is 2.32. The van der Waals surface area contributed by atoms with E-state index in [-0.39, 0.29) is 5.91 Å². The van der Waals surface area contributed by atoms with Crippen molar-refractivity contribution in [3.63, 3.8) is 0 Å². The Morgan fingerprint density at radius 3 is 2.43 bits per heavy atom. The summed E-state index contributed by atoms with van der Waals surface area (Å²) in [6.07, 6.45) is -4.49. The molecule has 2 aromatic carbocycles. The largest absolute Gasteiger partial charge is 0.481 e. The number of ether oxygens (including phenoxy) is 1. The lowest BCUT2D eigenvalue weighted by atomic mass is 10.1. The Labute approximate surface area is 179 Å². The van der Waals surface area contributed by atoms with Gasteiger partial charge in [0.2, 0.25) is 0 Å². The quantitative estimate of drug-likeness (QED) is 0.642. The first-order valence-electron chi connectivity index (χ1n) is 9.83. The average molecular weight is 441 g/mol. The summed E-state index contributed by atoms with van der Waals surface area (Å²) >= 11 is 6.04. The van der Waals surface area contributed by atoms with Gasteiger partial charge in [0.1, 0.15) is 5.75 Å². The van der Waals surface area contributed by atoms with Gasteiger partial charge in [0.05, 0.1) is 5.56 Å². The lowest BCUT2D eigenvalue weighted by Crippen LogP contribution is -2.52. The first kappa shape index (κ1) is 22.3. The van der Waals surface area contributed by atoms with Crippen LogP contribution in [0.5, 0.6) is 5.75 Å². The smallest absolute Gasteiger partial charge is 0.416 e. The molecule has 30 heavy (non-hydrogen) atoms. The molecule has 162 valence electrons. The number of benzene rings is 2. The van der Waals surface area contributed by atoms with Crippen LogP contribution in [-0.4, -0.2) is 43.1 Å². The molecule has 1 heterocycles. The number of hydrogen-bond donors (Lipinski definition) is 0. The van der Waals surface area contributed by atoms with Crippen LogP contribution in [0.3, 0.4) is 0 Å². The first-order chi connectivity index (χ1) is 14.2. The normalized spacial score (nSPS) is 15.8. The molecular formula is C22H24ClF3N2O2. The van der Waals surface area contributed by atoms with E-state index in [0.717, 1.165) is 17.7 Å². The molecule has 0 aliphatic carbocycles. The topological polar surface area (TPSA) is 32.8 Å². The predicted octanol–water partition coefficient (Wildman–Crippen LogP) is 5.17. The third-order valence-corrected chi connectivity index (χ3v) is 5.61. The molecule has 1 saturated heterocycles. The highest BCUT2D eigenvalue weighted by molar-refractivity contribution is 6.31. The van der Waals surface area contributed by atoms with Gasteiger partial charge >= 0.3 is 6.18 Å². The Balaban J connectivity index is 1.62. The summed E-state index contributed by atoms with van der Waals surface area (Å²) in [6.45, 7) is 5.52. The highest BCUT2D eigenvalue weighted by atomic mass is 35.5. The maximum absolute atomic E-state index is 13.0. The number of halogens is 4. The molecule has 0 saturated carbocycles. The fourth-order valence-electron chi connectivity index (χ4n) is 3.43. The number of rotatable bonds is 5. The molecule has 2 aromatic rings. The molecule has 0 aromatic heterocycles. The maximum atomic E-state index is 13.0. The van der Waals surface area contributed by atoms with Gasteiger partial charge in [0, 0.05) is 36.9 Å². The van der Waals surface area contributed by atoms with Crippen molar-refractivity contribution < 1.29 is 22.7 Å². The van der Waals surface area contributed by atoms with Gasteiger partial charge in [-0.05, 0) is 55.3 Å². The van der Waals surface area contributed by atoms with E-state index >= 15 is 0 Å². The predicted molar refractivity (Wildman–Crippen MR) is 111 cm³/mol. The molecule has 0 radical (unpaired) electrons. The molecule has 1 fully saturated rings. The fourth-order valence-corrected chi connectivity index (χ4v) is 3.55. The van der Waals surface area contributed by atoms with Crippen LogP contribution < -0.4 is 9.64 Å². The van der Waals surface area contributed by atoms with E-state index in [1.165, 1.54) is 6.07 Å². The zero-order chi connectivity index (χ0) is 21.9. The third-order valence-electron chi connectivity index (χ3n) is 5.18. The average Bonchev–Trinajstić information content (AvgIpc) is 2.73. The molecular weight excluding hydrogens is 417 g/mol. The molecule has 8 heteroatoms. The van der Waals surface area contributed by atoms with E-state index in [4.69, 9.17) is 16.3 Å². The Morgan fingerprint density at radius 1 is 1.13 bits per heavy atom. The van der Waals surface area contributed by atoms with Crippen molar-refractivity contribution >= 4 is 23.2 Å². The number of amides is 1. The van der Waals surface area contributed by atoms with Gasteiger partial charge < -0.3 is 14.5 Å². The molecule has 1 amide bonds. The monoisotopic (exact) mass is 440 g/mol. The fraction of sp³-hybridized carbons (Fsp3) is 0.409. The summed E-state index contributed by atoms with van der Waals surface area (Å²) in [6, 6.07) is 10.5. The van der Waals surface area contributed by atoms with Gasteiger partial charge in [-0.3, -0.25) is 4.79 Å². The van der Waals surface area contributed by atoms with Crippen LogP contribution in [0.15, 0.2) is 42.5 Å². The van der Waals surface area contributed by atoms with E-state index in [1.54, 1.807) is 29.2 Å². The number of nitrogens with zero attached hydrogens (tertiary/aromatic N) is 2. The summed E-state index contributed by atoms with van der Waals surface area (Å²) in [5.74, 6) is 0.466. The summed E-state index contributed by atoms with van der Waals surface area (Å²) < 4.78 is 44.8. The Kier molecular flexibility index (Phi) is 6.81. The van der Waals surface area contributed by atoms with Crippen LogP contribution in [0.2, 0.25) is 5.02 Å². The zero-order valence-corrected chi connectivity index (χ0v) is 17.6. The number of piperazine rings is 1.